The Kier molecular flexibility index (Phi) is 6.02. The minimum absolute atomic E-state index is 0.0545. The summed E-state index contributed by atoms with van der Waals surface area (Å²) in [7, 11) is 0. The molecule has 21 heavy (non-hydrogen) atoms. The van der Waals surface area contributed by atoms with E-state index in [4.69, 9.17) is 5.73 Å². The molecule has 5 heteroatoms. The number of nitrogens with zero attached hydrogens (tertiary/aromatic N) is 2. The molecule has 0 spiro atoms. The van der Waals surface area contributed by atoms with Crippen LogP contribution >= 0.6 is 0 Å². The van der Waals surface area contributed by atoms with E-state index < -0.39 is 0 Å². The van der Waals surface area contributed by atoms with Crippen LogP contribution in [0.25, 0.3) is 0 Å². The maximum Gasteiger partial charge on any atom is 0.253 e. The van der Waals surface area contributed by atoms with Crippen LogP contribution in [-0.2, 0) is 0 Å². The Morgan fingerprint density at radius 1 is 1.10 bits per heavy atom. The second-order valence-corrected chi connectivity index (χ2v) is 5.53. The Balaban J connectivity index is 1.87. The maximum atomic E-state index is 12.4. The van der Waals surface area contributed by atoms with Gasteiger partial charge in [0.25, 0.3) is 5.91 Å². The largest absolute Gasteiger partial charge is 0.508 e. The number of hydrogen-bond donors (Lipinski definition) is 2. The van der Waals surface area contributed by atoms with Gasteiger partial charge >= 0.3 is 0 Å². The third-order valence-corrected chi connectivity index (χ3v) is 3.92. The molecule has 0 unspecified atom stereocenters. The lowest BCUT2D eigenvalue weighted by Gasteiger charge is -2.22. The van der Waals surface area contributed by atoms with Crippen LogP contribution in [0.1, 0.15) is 29.6 Å². The third-order valence-electron chi connectivity index (χ3n) is 3.92. The van der Waals surface area contributed by atoms with Crippen molar-refractivity contribution in [1.29, 1.82) is 0 Å². The van der Waals surface area contributed by atoms with Crippen LogP contribution < -0.4 is 5.73 Å². The van der Waals surface area contributed by atoms with E-state index in [1.54, 1.807) is 24.3 Å². The van der Waals surface area contributed by atoms with Gasteiger partial charge in [0, 0.05) is 25.2 Å². The van der Waals surface area contributed by atoms with Crippen molar-refractivity contribution in [3.8, 4) is 5.75 Å². The van der Waals surface area contributed by atoms with E-state index in [0.29, 0.717) is 5.56 Å². The molecule has 0 bridgehead atoms. The van der Waals surface area contributed by atoms with Gasteiger partial charge in [0.2, 0.25) is 0 Å². The van der Waals surface area contributed by atoms with Gasteiger partial charge in [-0.1, -0.05) is 0 Å². The smallest absolute Gasteiger partial charge is 0.253 e. The fourth-order valence-corrected chi connectivity index (χ4v) is 2.66. The fourth-order valence-electron chi connectivity index (χ4n) is 2.66. The van der Waals surface area contributed by atoms with Crippen molar-refractivity contribution in [1.82, 2.24) is 9.80 Å². The molecule has 1 aromatic rings. The van der Waals surface area contributed by atoms with Crippen molar-refractivity contribution >= 4 is 5.91 Å². The Bertz CT molecular complexity index is 447. The lowest BCUT2D eigenvalue weighted by molar-refractivity contribution is 0.0761. The monoisotopic (exact) mass is 291 g/mol. The van der Waals surface area contributed by atoms with Crippen molar-refractivity contribution in [2.24, 2.45) is 5.73 Å². The number of unbranched alkanes of at least 4 members (excludes halogenated alkanes) is 1. The molecule has 2 rings (SSSR count). The van der Waals surface area contributed by atoms with Crippen LogP contribution in [0.4, 0.5) is 0 Å². The van der Waals surface area contributed by atoms with Gasteiger partial charge < -0.3 is 20.6 Å². The molecule has 1 aromatic carbocycles. The lowest BCUT2D eigenvalue weighted by atomic mass is 10.2. The summed E-state index contributed by atoms with van der Waals surface area (Å²) >= 11 is 0. The minimum atomic E-state index is 0.0545. The van der Waals surface area contributed by atoms with Crippen LogP contribution in [0.3, 0.4) is 0 Å². The van der Waals surface area contributed by atoms with E-state index in [-0.39, 0.29) is 11.7 Å². The number of carbonyl (C=O) groups is 1. The van der Waals surface area contributed by atoms with Gasteiger partial charge in [0.15, 0.2) is 0 Å². The Morgan fingerprint density at radius 2 is 1.86 bits per heavy atom. The molecule has 0 atom stereocenters. The molecule has 1 saturated heterocycles. The molecule has 3 N–H and O–H groups in total. The number of benzene rings is 1. The standard InChI is InChI=1S/C16H25N3O2/c17-8-1-2-9-18-10-3-11-19(13-12-18)16(21)14-4-6-15(20)7-5-14/h4-7,20H,1-3,8-13,17H2. The zero-order valence-corrected chi connectivity index (χ0v) is 12.5. The van der Waals surface area contributed by atoms with Gasteiger partial charge in [0.05, 0.1) is 0 Å². The molecule has 116 valence electrons. The van der Waals surface area contributed by atoms with Gasteiger partial charge in [-0.15, -0.1) is 0 Å². The number of nitrogens with two attached hydrogens (primary N) is 1. The number of hydrogen-bond acceptors (Lipinski definition) is 4. The lowest BCUT2D eigenvalue weighted by Crippen LogP contribution is -2.35. The highest BCUT2D eigenvalue weighted by Gasteiger charge is 2.19. The van der Waals surface area contributed by atoms with Gasteiger partial charge in [-0.25, -0.2) is 0 Å². The number of rotatable bonds is 5. The second kappa shape index (κ2) is 8.00. The van der Waals surface area contributed by atoms with Crippen molar-refractivity contribution in [2.45, 2.75) is 19.3 Å². The van der Waals surface area contributed by atoms with Crippen molar-refractivity contribution in [3.05, 3.63) is 29.8 Å². The highest BCUT2D eigenvalue weighted by Crippen LogP contribution is 2.13. The first-order chi connectivity index (χ1) is 10.2. The summed E-state index contributed by atoms with van der Waals surface area (Å²) in [6.07, 6.45) is 3.20. The molecule has 5 nitrogen and oxygen atoms in total. The molecule has 1 heterocycles. The topological polar surface area (TPSA) is 69.8 Å². The predicted octanol–water partition coefficient (Wildman–Crippen LogP) is 1.28. The Morgan fingerprint density at radius 3 is 2.57 bits per heavy atom. The predicted molar refractivity (Wildman–Crippen MR) is 83.4 cm³/mol. The molecule has 0 aromatic heterocycles. The van der Waals surface area contributed by atoms with Crippen molar-refractivity contribution < 1.29 is 9.90 Å². The molecule has 0 radical (unpaired) electrons. The zero-order chi connectivity index (χ0) is 15.1. The van der Waals surface area contributed by atoms with Crippen LogP contribution in [0.2, 0.25) is 0 Å². The first-order valence-corrected chi connectivity index (χ1v) is 7.71. The van der Waals surface area contributed by atoms with Crippen LogP contribution in [0.15, 0.2) is 24.3 Å². The zero-order valence-electron chi connectivity index (χ0n) is 12.5. The summed E-state index contributed by atoms with van der Waals surface area (Å²) in [5.74, 6) is 0.243. The van der Waals surface area contributed by atoms with E-state index >= 15 is 0 Å². The van der Waals surface area contributed by atoms with Gasteiger partial charge in [-0.05, 0) is 63.2 Å². The molecule has 1 aliphatic rings. The molecule has 1 amide bonds. The molecule has 1 aliphatic heterocycles. The van der Waals surface area contributed by atoms with E-state index in [1.165, 1.54) is 0 Å². The van der Waals surface area contributed by atoms with Crippen molar-refractivity contribution in [3.63, 3.8) is 0 Å². The fraction of sp³-hybridized carbons (Fsp3) is 0.562. The number of carbonyl (C=O) groups excluding carboxylic acids is 1. The molecule has 1 fully saturated rings. The first kappa shape index (κ1) is 15.8. The van der Waals surface area contributed by atoms with Gasteiger partial charge in [0.1, 0.15) is 5.75 Å². The molecule has 0 saturated carbocycles. The second-order valence-electron chi connectivity index (χ2n) is 5.53. The summed E-state index contributed by atoms with van der Waals surface area (Å²) in [6, 6.07) is 6.48. The Labute approximate surface area is 126 Å². The maximum absolute atomic E-state index is 12.4. The van der Waals surface area contributed by atoms with Crippen LogP contribution in [-0.4, -0.2) is 60.1 Å². The molecule has 0 aliphatic carbocycles. The van der Waals surface area contributed by atoms with Gasteiger partial charge in [-0.3, -0.25) is 4.79 Å². The van der Waals surface area contributed by atoms with E-state index in [2.05, 4.69) is 4.90 Å². The molecular formula is C16H25N3O2. The summed E-state index contributed by atoms with van der Waals surface area (Å²) in [5.41, 5.74) is 6.17. The van der Waals surface area contributed by atoms with Crippen LogP contribution in [0, 0.1) is 0 Å². The first-order valence-electron chi connectivity index (χ1n) is 7.71. The summed E-state index contributed by atoms with van der Waals surface area (Å²) < 4.78 is 0. The van der Waals surface area contributed by atoms with Gasteiger partial charge in [-0.2, -0.15) is 0 Å². The average Bonchev–Trinajstić information content (AvgIpc) is 2.73. The van der Waals surface area contributed by atoms with E-state index in [9.17, 15) is 9.90 Å². The number of aromatic hydroxyl groups is 1. The van der Waals surface area contributed by atoms with E-state index in [1.807, 2.05) is 4.90 Å². The number of amides is 1. The summed E-state index contributed by atoms with van der Waals surface area (Å²) in [5, 5.41) is 9.29. The molecular weight excluding hydrogens is 266 g/mol. The SMILES string of the molecule is NCCCCN1CCCN(C(=O)c2ccc(O)cc2)CC1. The third kappa shape index (κ3) is 4.72. The van der Waals surface area contributed by atoms with E-state index in [0.717, 1.165) is 58.5 Å². The normalized spacial score (nSPS) is 16.7. The average molecular weight is 291 g/mol. The quantitative estimate of drug-likeness (QED) is 0.802. The summed E-state index contributed by atoms with van der Waals surface area (Å²) in [6.45, 7) is 5.35. The Hall–Kier alpha value is -1.59. The minimum Gasteiger partial charge on any atom is -0.508 e. The van der Waals surface area contributed by atoms with Crippen molar-refractivity contribution in [2.75, 3.05) is 39.3 Å². The summed E-state index contributed by atoms with van der Waals surface area (Å²) in [4.78, 5) is 16.8. The highest BCUT2D eigenvalue weighted by molar-refractivity contribution is 5.94. The number of phenolic OH excluding ortho intramolecular Hbond substituents is 1. The highest BCUT2D eigenvalue weighted by atomic mass is 16.3. The number of phenols is 1. The van der Waals surface area contributed by atoms with Crippen LogP contribution in [0.5, 0.6) is 5.75 Å².